The highest BCUT2D eigenvalue weighted by atomic mass is 35.5. The van der Waals surface area contributed by atoms with E-state index in [4.69, 9.17) is 16.1 Å². The van der Waals surface area contributed by atoms with E-state index in [1.165, 1.54) is 18.5 Å². The maximum atomic E-state index is 12.3. The Morgan fingerprint density at radius 2 is 1.90 bits per heavy atom. The molecule has 0 saturated carbocycles. The lowest BCUT2D eigenvalue weighted by atomic mass is 9.98. The number of nitrogens with zero attached hydrogens (tertiary/aromatic N) is 3. The van der Waals surface area contributed by atoms with Crippen molar-refractivity contribution in [2.24, 2.45) is 5.92 Å². The van der Waals surface area contributed by atoms with E-state index in [-0.39, 0.29) is 5.89 Å². The number of piperidine rings is 1. The summed E-state index contributed by atoms with van der Waals surface area (Å²) in [5.74, 6) is 0.697. The minimum atomic E-state index is -0.428. The fourth-order valence-corrected chi connectivity index (χ4v) is 3.62. The van der Waals surface area contributed by atoms with Crippen molar-refractivity contribution in [3.63, 3.8) is 0 Å². The molecule has 6 nitrogen and oxygen atoms in total. The van der Waals surface area contributed by atoms with E-state index in [1.807, 2.05) is 30.3 Å². The molecule has 0 radical (unpaired) electrons. The Labute approximate surface area is 174 Å². The maximum Gasteiger partial charge on any atom is 0.316 e. The molecule has 150 valence electrons. The van der Waals surface area contributed by atoms with E-state index in [1.54, 1.807) is 6.07 Å². The Hall–Kier alpha value is -2.86. The number of nitrogens with one attached hydrogen (secondary N) is 1. The Morgan fingerprint density at radius 1 is 1.17 bits per heavy atom. The van der Waals surface area contributed by atoms with Gasteiger partial charge in [-0.05, 0) is 54.7 Å². The molecule has 1 aliphatic heterocycles. The molecule has 0 unspecified atom stereocenters. The number of rotatable bonds is 5. The number of amides is 1. The topological polar surface area (TPSA) is 71.3 Å². The van der Waals surface area contributed by atoms with E-state index < -0.39 is 5.91 Å². The summed E-state index contributed by atoms with van der Waals surface area (Å²) >= 11 is 6.11. The van der Waals surface area contributed by atoms with Crippen LogP contribution in [0.4, 0.5) is 5.69 Å². The number of carbonyl (C=O) groups is 1. The van der Waals surface area contributed by atoms with Gasteiger partial charge < -0.3 is 14.7 Å². The van der Waals surface area contributed by atoms with Crippen LogP contribution in [0.3, 0.4) is 0 Å². The molecule has 2 aromatic carbocycles. The Morgan fingerprint density at radius 3 is 2.62 bits per heavy atom. The molecule has 1 saturated heterocycles. The van der Waals surface area contributed by atoms with Gasteiger partial charge in [-0.15, -0.1) is 0 Å². The minimum absolute atomic E-state index is 0.0684. The molecule has 0 aliphatic carbocycles. The van der Waals surface area contributed by atoms with Crippen LogP contribution in [0, 0.1) is 5.92 Å². The lowest BCUT2D eigenvalue weighted by Crippen LogP contribution is -2.32. The number of hydrogen-bond acceptors (Lipinski definition) is 5. The second-order valence-corrected chi connectivity index (χ2v) is 7.82. The van der Waals surface area contributed by atoms with Gasteiger partial charge in [0.15, 0.2) is 0 Å². The Kier molecular flexibility index (Phi) is 5.81. The number of benzene rings is 2. The van der Waals surface area contributed by atoms with Crippen LogP contribution in [0.15, 0.2) is 53.1 Å². The van der Waals surface area contributed by atoms with Gasteiger partial charge in [0, 0.05) is 35.9 Å². The number of halogens is 1. The number of aromatic nitrogens is 2. The molecule has 1 fully saturated rings. The zero-order chi connectivity index (χ0) is 20.2. The molecular formula is C22H23ClN4O2. The van der Waals surface area contributed by atoms with Crippen LogP contribution in [-0.2, 0) is 6.54 Å². The summed E-state index contributed by atoms with van der Waals surface area (Å²) in [5, 5.41) is 7.30. The molecule has 1 aromatic heterocycles. The SMILES string of the molecule is CC1CCN(c2ccc(-c3noc(C(=O)NCc4ccccc4Cl)n3)cc2)CC1. The van der Waals surface area contributed by atoms with Gasteiger partial charge in [0.2, 0.25) is 5.82 Å². The van der Waals surface area contributed by atoms with Crippen molar-refractivity contribution in [1.29, 1.82) is 0 Å². The average molecular weight is 411 g/mol. The highest BCUT2D eigenvalue weighted by Gasteiger charge is 2.18. The van der Waals surface area contributed by atoms with Gasteiger partial charge in [-0.1, -0.05) is 41.9 Å². The number of hydrogen-bond donors (Lipinski definition) is 1. The fourth-order valence-electron chi connectivity index (χ4n) is 3.41. The summed E-state index contributed by atoms with van der Waals surface area (Å²) in [5.41, 5.74) is 2.83. The number of carbonyl (C=O) groups excluding carboxylic acids is 1. The minimum Gasteiger partial charge on any atom is -0.372 e. The van der Waals surface area contributed by atoms with Gasteiger partial charge in [0.1, 0.15) is 0 Å². The van der Waals surface area contributed by atoms with Gasteiger partial charge in [0.25, 0.3) is 0 Å². The normalized spacial score (nSPS) is 14.8. The summed E-state index contributed by atoms with van der Waals surface area (Å²) < 4.78 is 5.14. The zero-order valence-electron chi connectivity index (χ0n) is 16.3. The van der Waals surface area contributed by atoms with E-state index in [0.29, 0.717) is 17.4 Å². The summed E-state index contributed by atoms with van der Waals surface area (Å²) in [7, 11) is 0. The van der Waals surface area contributed by atoms with Crippen LogP contribution in [0.25, 0.3) is 11.4 Å². The van der Waals surface area contributed by atoms with E-state index in [9.17, 15) is 4.79 Å². The van der Waals surface area contributed by atoms with Gasteiger partial charge >= 0.3 is 11.8 Å². The zero-order valence-corrected chi connectivity index (χ0v) is 17.0. The average Bonchev–Trinajstić information content (AvgIpc) is 3.24. The summed E-state index contributed by atoms with van der Waals surface area (Å²) in [6, 6.07) is 15.4. The van der Waals surface area contributed by atoms with E-state index in [0.717, 1.165) is 30.1 Å². The highest BCUT2D eigenvalue weighted by Crippen LogP contribution is 2.25. The maximum absolute atomic E-state index is 12.3. The molecule has 7 heteroatoms. The van der Waals surface area contributed by atoms with Gasteiger partial charge in [-0.25, -0.2) is 0 Å². The molecule has 29 heavy (non-hydrogen) atoms. The predicted molar refractivity (Wildman–Crippen MR) is 113 cm³/mol. The van der Waals surface area contributed by atoms with Gasteiger partial charge in [-0.2, -0.15) is 4.98 Å². The van der Waals surface area contributed by atoms with E-state index >= 15 is 0 Å². The second-order valence-electron chi connectivity index (χ2n) is 7.41. The molecule has 2 heterocycles. The van der Waals surface area contributed by atoms with Crippen LogP contribution in [0.5, 0.6) is 0 Å². The van der Waals surface area contributed by atoms with Crippen molar-refractivity contribution in [1.82, 2.24) is 15.5 Å². The van der Waals surface area contributed by atoms with Crippen molar-refractivity contribution in [3.8, 4) is 11.4 Å². The van der Waals surface area contributed by atoms with Gasteiger partial charge in [0.05, 0.1) is 0 Å². The molecule has 0 atom stereocenters. The monoisotopic (exact) mass is 410 g/mol. The van der Waals surface area contributed by atoms with Crippen LogP contribution >= 0.6 is 11.6 Å². The largest absolute Gasteiger partial charge is 0.372 e. The fraction of sp³-hybridized carbons (Fsp3) is 0.318. The summed E-state index contributed by atoms with van der Waals surface area (Å²) in [6.45, 7) is 4.76. The molecule has 0 spiro atoms. The first-order valence-corrected chi connectivity index (χ1v) is 10.2. The molecule has 1 aliphatic rings. The first kappa shape index (κ1) is 19.5. The van der Waals surface area contributed by atoms with Crippen LogP contribution in [0.1, 0.15) is 36.0 Å². The lowest BCUT2D eigenvalue weighted by molar-refractivity contribution is 0.0907. The quantitative estimate of drug-likeness (QED) is 0.667. The lowest BCUT2D eigenvalue weighted by Gasteiger charge is -2.32. The molecule has 1 N–H and O–H groups in total. The van der Waals surface area contributed by atoms with Crippen LogP contribution in [0.2, 0.25) is 5.02 Å². The highest BCUT2D eigenvalue weighted by molar-refractivity contribution is 6.31. The predicted octanol–water partition coefficient (Wildman–Crippen LogP) is 4.56. The summed E-state index contributed by atoms with van der Waals surface area (Å²) in [6.07, 6.45) is 2.44. The Bertz CT molecular complexity index is 978. The first-order valence-electron chi connectivity index (χ1n) is 9.81. The molecule has 3 aromatic rings. The van der Waals surface area contributed by atoms with Crippen molar-refractivity contribution < 1.29 is 9.32 Å². The molecule has 1 amide bonds. The molecule has 0 bridgehead atoms. The van der Waals surface area contributed by atoms with Gasteiger partial charge in [-0.3, -0.25) is 4.79 Å². The number of anilines is 1. The third kappa shape index (κ3) is 4.59. The van der Waals surface area contributed by atoms with Crippen molar-refractivity contribution in [3.05, 3.63) is 65.0 Å². The van der Waals surface area contributed by atoms with Crippen LogP contribution in [-0.4, -0.2) is 29.1 Å². The Balaban J connectivity index is 1.39. The smallest absolute Gasteiger partial charge is 0.316 e. The van der Waals surface area contributed by atoms with Crippen LogP contribution < -0.4 is 10.2 Å². The standard InChI is InChI=1S/C22H23ClN4O2/c1-15-10-12-27(13-11-15)18-8-6-16(7-9-18)20-25-22(29-26-20)21(28)24-14-17-4-2-3-5-19(17)23/h2-9,15H,10-14H2,1H3,(H,24,28). The van der Waals surface area contributed by atoms with Crippen molar-refractivity contribution >= 4 is 23.2 Å². The van der Waals surface area contributed by atoms with E-state index in [2.05, 4.69) is 39.4 Å². The molecule has 4 rings (SSSR count). The first-order chi connectivity index (χ1) is 14.1. The van der Waals surface area contributed by atoms with Crippen molar-refractivity contribution in [2.45, 2.75) is 26.3 Å². The summed E-state index contributed by atoms with van der Waals surface area (Å²) in [4.78, 5) is 18.9. The molecular weight excluding hydrogens is 388 g/mol. The third-order valence-corrected chi connectivity index (χ3v) is 5.66. The third-order valence-electron chi connectivity index (χ3n) is 5.29. The second kappa shape index (κ2) is 8.66. The van der Waals surface area contributed by atoms with Crippen molar-refractivity contribution in [2.75, 3.05) is 18.0 Å².